The maximum absolute atomic E-state index is 13.2. The lowest BCUT2D eigenvalue weighted by molar-refractivity contribution is 0.625. The van der Waals surface area contributed by atoms with Gasteiger partial charge in [-0.25, -0.2) is 8.78 Å². The zero-order valence-corrected chi connectivity index (χ0v) is 11.7. The fraction of sp³-hybridized carbons (Fsp3) is 0.133. The van der Waals surface area contributed by atoms with Crippen LogP contribution < -0.4 is 11.1 Å². The van der Waals surface area contributed by atoms with Gasteiger partial charge in [-0.1, -0.05) is 24.4 Å². The standard InChI is InChI=1S/C15H14F2N2S/c1-9(10-2-4-11(16)5-3-10)19-14-7-6-12(17)8-13(14)15(18)20/h2-9,19H,1H3,(H2,18,20). The van der Waals surface area contributed by atoms with Gasteiger partial charge in [-0.2, -0.15) is 0 Å². The molecule has 20 heavy (non-hydrogen) atoms. The highest BCUT2D eigenvalue weighted by Crippen LogP contribution is 2.23. The second kappa shape index (κ2) is 5.96. The topological polar surface area (TPSA) is 38.0 Å². The summed E-state index contributed by atoms with van der Waals surface area (Å²) in [4.78, 5) is 0.123. The number of nitrogens with two attached hydrogens (primary N) is 1. The molecule has 0 fully saturated rings. The summed E-state index contributed by atoms with van der Waals surface area (Å²) in [6.45, 7) is 1.92. The van der Waals surface area contributed by atoms with Gasteiger partial charge in [0.2, 0.25) is 0 Å². The molecule has 0 bridgehead atoms. The van der Waals surface area contributed by atoms with Crippen LogP contribution in [-0.4, -0.2) is 4.99 Å². The Morgan fingerprint density at radius 1 is 1.10 bits per heavy atom. The molecule has 0 saturated heterocycles. The maximum Gasteiger partial charge on any atom is 0.124 e. The van der Waals surface area contributed by atoms with Crippen LogP contribution in [0.4, 0.5) is 14.5 Å². The van der Waals surface area contributed by atoms with E-state index in [4.69, 9.17) is 18.0 Å². The van der Waals surface area contributed by atoms with E-state index in [2.05, 4.69) is 5.32 Å². The van der Waals surface area contributed by atoms with Gasteiger partial charge in [-0.05, 0) is 42.8 Å². The maximum atomic E-state index is 13.2. The predicted molar refractivity (Wildman–Crippen MR) is 80.7 cm³/mol. The van der Waals surface area contributed by atoms with Crippen molar-refractivity contribution in [2.75, 3.05) is 5.32 Å². The molecule has 0 aromatic heterocycles. The lowest BCUT2D eigenvalue weighted by Crippen LogP contribution is -2.15. The molecule has 1 atom stereocenters. The van der Waals surface area contributed by atoms with Crippen LogP contribution in [0.3, 0.4) is 0 Å². The summed E-state index contributed by atoms with van der Waals surface area (Å²) in [7, 11) is 0. The minimum absolute atomic E-state index is 0.0887. The summed E-state index contributed by atoms with van der Waals surface area (Å²) >= 11 is 4.92. The van der Waals surface area contributed by atoms with Gasteiger partial charge in [0.15, 0.2) is 0 Å². The fourth-order valence-corrected chi connectivity index (χ4v) is 2.08. The number of thiocarbonyl (C=S) groups is 1. The average molecular weight is 292 g/mol. The first-order valence-electron chi connectivity index (χ1n) is 6.08. The summed E-state index contributed by atoms with van der Waals surface area (Å²) in [5.74, 6) is -0.681. The summed E-state index contributed by atoms with van der Waals surface area (Å²) in [6.07, 6.45) is 0. The molecule has 0 amide bonds. The first-order valence-corrected chi connectivity index (χ1v) is 6.49. The second-order valence-corrected chi connectivity index (χ2v) is 4.91. The summed E-state index contributed by atoms with van der Waals surface area (Å²) in [6, 6.07) is 10.3. The third kappa shape index (κ3) is 3.30. The van der Waals surface area contributed by atoms with Gasteiger partial charge in [-0.15, -0.1) is 0 Å². The Hall–Kier alpha value is -2.01. The monoisotopic (exact) mass is 292 g/mol. The lowest BCUT2D eigenvalue weighted by Gasteiger charge is -2.18. The largest absolute Gasteiger partial charge is 0.389 e. The molecule has 2 nitrogen and oxygen atoms in total. The van der Waals surface area contributed by atoms with Gasteiger partial charge < -0.3 is 11.1 Å². The van der Waals surface area contributed by atoms with Crippen molar-refractivity contribution < 1.29 is 8.78 Å². The Balaban J connectivity index is 2.25. The lowest BCUT2D eigenvalue weighted by atomic mass is 10.1. The van der Waals surface area contributed by atoms with Crippen molar-refractivity contribution in [2.24, 2.45) is 5.73 Å². The van der Waals surface area contributed by atoms with E-state index in [1.54, 1.807) is 18.2 Å². The van der Waals surface area contributed by atoms with Gasteiger partial charge in [0, 0.05) is 17.3 Å². The molecule has 0 spiro atoms. The molecular formula is C15H14F2N2S. The van der Waals surface area contributed by atoms with E-state index in [0.29, 0.717) is 11.3 Å². The van der Waals surface area contributed by atoms with Crippen molar-refractivity contribution in [3.05, 3.63) is 65.2 Å². The van der Waals surface area contributed by atoms with E-state index in [-0.39, 0.29) is 16.8 Å². The summed E-state index contributed by atoms with van der Waals surface area (Å²) < 4.78 is 26.1. The molecule has 0 aliphatic rings. The first-order chi connectivity index (χ1) is 9.47. The van der Waals surface area contributed by atoms with Gasteiger partial charge in [-0.3, -0.25) is 0 Å². The number of halogens is 2. The number of benzene rings is 2. The smallest absolute Gasteiger partial charge is 0.124 e. The van der Waals surface area contributed by atoms with Gasteiger partial charge >= 0.3 is 0 Å². The van der Waals surface area contributed by atoms with Crippen LogP contribution in [0.15, 0.2) is 42.5 Å². The van der Waals surface area contributed by atoms with E-state index >= 15 is 0 Å². The molecule has 3 N–H and O–H groups in total. The number of nitrogens with one attached hydrogen (secondary N) is 1. The van der Waals surface area contributed by atoms with Crippen LogP contribution in [-0.2, 0) is 0 Å². The fourth-order valence-electron chi connectivity index (χ4n) is 1.91. The van der Waals surface area contributed by atoms with Crippen molar-refractivity contribution in [1.82, 2.24) is 0 Å². The Labute approximate surface area is 121 Å². The zero-order chi connectivity index (χ0) is 14.7. The highest BCUT2D eigenvalue weighted by Gasteiger charge is 2.11. The molecule has 2 aromatic rings. The zero-order valence-electron chi connectivity index (χ0n) is 10.9. The van der Waals surface area contributed by atoms with E-state index in [1.165, 1.54) is 24.3 Å². The Morgan fingerprint density at radius 3 is 2.30 bits per heavy atom. The Morgan fingerprint density at radius 2 is 1.70 bits per heavy atom. The molecule has 0 radical (unpaired) electrons. The highest BCUT2D eigenvalue weighted by molar-refractivity contribution is 7.80. The molecule has 2 aromatic carbocycles. The van der Waals surface area contributed by atoms with Crippen molar-refractivity contribution >= 4 is 22.9 Å². The third-order valence-electron chi connectivity index (χ3n) is 2.99. The van der Waals surface area contributed by atoms with Crippen LogP contribution in [0.25, 0.3) is 0 Å². The highest BCUT2D eigenvalue weighted by atomic mass is 32.1. The second-order valence-electron chi connectivity index (χ2n) is 4.47. The van der Waals surface area contributed by atoms with Crippen LogP contribution in [0.1, 0.15) is 24.1 Å². The number of rotatable bonds is 4. The quantitative estimate of drug-likeness (QED) is 0.842. The van der Waals surface area contributed by atoms with Crippen molar-refractivity contribution in [1.29, 1.82) is 0 Å². The van der Waals surface area contributed by atoms with E-state index < -0.39 is 5.82 Å². The van der Waals surface area contributed by atoms with Crippen LogP contribution >= 0.6 is 12.2 Å². The SMILES string of the molecule is CC(Nc1ccc(F)cc1C(N)=S)c1ccc(F)cc1. The van der Waals surface area contributed by atoms with Crippen molar-refractivity contribution in [3.8, 4) is 0 Å². The molecule has 0 aliphatic heterocycles. The minimum atomic E-state index is -0.396. The normalized spacial score (nSPS) is 11.9. The van der Waals surface area contributed by atoms with E-state index in [0.717, 1.165) is 5.56 Å². The average Bonchev–Trinajstić information content (AvgIpc) is 2.41. The van der Waals surface area contributed by atoms with Gasteiger partial charge in [0.25, 0.3) is 0 Å². The van der Waals surface area contributed by atoms with Crippen molar-refractivity contribution in [2.45, 2.75) is 13.0 Å². The van der Waals surface area contributed by atoms with E-state index in [1.807, 2.05) is 6.92 Å². The summed E-state index contributed by atoms with van der Waals surface area (Å²) in [5, 5.41) is 3.20. The van der Waals surface area contributed by atoms with Crippen LogP contribution in [0, 0.1) is 11.6 Å². The number of hydrogen-bond donors (Lipinski definition) is 2. The van der Waals surface area contributed by atoms with Crippen molar-refractivity contribution in [3.63, 3.8) is 0 Å². The molecule has 2 rings (SSSR count). The molecule has 1 unspecified atom stereocenters. The Bertz CT molecular complexity index is 626. The molecule has 0 heterocycles. The molecule has 0 saturated carbocycles. The van der Waals surface area contributed by atoms with E-state index in [9.17, 15) is 8.78 Å². The molecule has 0 aliphatic carbocycles. The molecule has 104 valence electrons. The Kier molecular flexibility index (Phi) is 4.29. The van der Waals surface area contributed by atoms with Gasteiger partial charge in [0.05, 0.1) is 0 Å². The van der Waals surface area contributed by atoms with Crippen LogP contribution in [0.5, 0.6) is 0 Å². The van der Waals surface area contributed by atoms with Gasteiger partial charge in [0.1, 0.15) is 16.6 Å². The van der Waals surface area contributed by atoms with Crippen LogP contribution in [0.2, 0.25) is 0 Å². The number of hydrogen-bond acceptors (Lipinski definition) is 2. The summed E-state index contributed by atoms with van der Waals surface area (Å²) in [5.41, 5.74) is 7.60. The predicted octanol–water partition coefficient (Wildman–Crippen LogP) is 3.77. The third-order valence-corrected chi connectivity index (χ3v) is 3.21. The molecular weight excluding hydrogens is 278 g/mol. The molecule has 5 heteroatoms. The number of anilines is 1. The first kappa shape index (κ1) is 14.4. The minimum Gasteiger partial charge on any atom is -0.389 e.